The second-order valence-corrected chi connectivity index (χ2v) is 4.82. The van der Waals surface area contributed by atoms with Crippen molar-refractivity contribution < 1.29 is 14.7 Å². The van der Waals surface area contributed by atoms with E-state index in [2.05, 4.69) is 16.7 Å². The summed E-state index contributed by atoms with van der Waals surface area (Å²) >= 11 is 0. The average molecular weight is 278 g/mol. The van der Waals surface area contributed by atoms with Gasteiger partial charge in [-0.3, -0.25) is 4.79 Å². The molecule has 0 bridgehead atoms. The molecule has 1 rings (SSSR count). The van der Waals surface area contributed by atoms with Crippen LogP contribution in [0.15, 0.2) is 24.3 Å². The molecule has 1 atom stereocenters. The lowest BCUT2D eigenvalue weighted by Gasteiger charge is -2.12. The van der Waals surface area contributed by atoms with Crippen molar-refractivity contribution in [2.75, 3.05) is 13.1 Å². The van der Waals surface area contributed by atoms with Crippen LogP contribution in [0.4, 0.5) is 4.79 Å². The Morgan fingerprint density at radius 1 is 1.30 bits per heavy atom. The molecule has 5 heteroatoms. The van der Waals surface area contributed by atoms with Crippen LogP contribution >= 0.6 is 0 Å². The normalized spacial score (nSPS) is 11.7. The number of carboxylic acids is 1. The van der Waals surface area contributed by atoms with Crippen molar-refractivity contribution >= 4 is 12.0 Å². The number of rotatable bonds is 7. The number of carboxylic acid groups (broad SMARTS) is 1. The van der Waals surface area contributed by atoms with Crippen molar-refractivity contribution in [3.8, 4) is 0 Å². The minimum absolute atomic E-state index is 0.155. The fraction of sp³-hybridized carbons (Fsp3) is 0.467. The fourth-order valence-corrected chi connectivity index (χ4v) is 1.87. The molecule has 0 heterocycles. The highest BCUT2D eigenvalue weighted by molar-refractivity contribution is 5.75. The fourth-order valence-electron chi connectivity index (χ4n) is 1.87. The summed E-state index contributed by atoms with van der Waals surface area (Å²) in [4.78, 5) is 22.3. The third-order valence-electron chi connectivity index (χ3n) is 3.13. The molecule has 0 saturated carbocycles. The summed E-state index contributed by atoms with van der Waals surface area (Å²) in [6.07, 6.45) is 1.25. The number of urea groups is 1. The van der Waals surface area contributed by atoms with Crippen LogP contribution in [0.3, 0.4) is 0 Å². The first-order valence-electron chi connectivity index (χ1n) is 6.83. The highest BCUT2D eigenvalue weighted by Gasteiger charge is 2.15. The van der Waals surface area contributed by atoms with E-state index < -0.39 is 11.9 Å². The van der Waals surface area contributed by atoms with E-state index in [9.17, 15) is 9.59 Å². The Balaban J connectivity index is 2.25. The molecule has 20 heavy (non-hydrogen) atoms. The van der Waals surface area contributed by atoms with Gasteiger partial charge in [0.15, 0.2) is 0 Å². The van der Waals surface area contributed by atoms with Gasteiger partial charge in [0.1, 0.15) is 0 Å². The maximum absolute atomic E-state index is 11.5. The first-order chi connectivity index (χ1) is 9.52. The number of hydrogen-bond acceptors (Lipinski definition) is 2. The summed E-state index contributed by atoms with van der Waals surface area (Å²) in [6, 6.07) is 7.79. The highest BCUT2D eigenvalue weighted by atomic mass is 16.4. The van der Waals surface area contributed by atoms with Gasteiger partial charge in [0, 0.05) is 13.1 Å². The Morgan fingerprint density at radius 2 is 2.05 bits per heavy atom. The van der Waals surface area contributed by atoms with E-state index in [0.717, 1.165) is 6.42 Å². The molecule has 0 radical (unpaired) electrons. The van der Waals surface area contributed by atoms with Crippen molar-refractivity contribution in [1.29, 1.82) is 0 Å². The van der Waals surface area contributed by atoms with Crippen LogP contribution in [0.1, 0.15) is 24.5 Å². The Morgan fingerprint density at radius 3 is 2.65 bits per heavy atom. The number of benzene rings is 1. The average Bonchev–Trinajstić information content (AvgIpc) is 2.39. The topological polar surface area (TPSA) is 78.4 Å². The maximum atomic E-state index is 11.5. The van der Waals surface area contributed by atoms with Gasteiger partial charge in [-0.1, -0.05) is 36.8 Å². The zero-order valence-corrected chi connectivity index (χ0v) is 12.0. The van der Waals surface area contributed by atoms with Crippen LogP contribution in [0.25, 0.3) is 0 Å². The Bertz CT molecular complexity index is 460. The predicted molar refractivity (Wildman–Crippen MR) is 77.7 cm³/mol. The second-order valence-electron chi connectivity index (χ2n) is 4.82. The summed E-state index contributed by atoms with van der Waals surface area (Å²) in [7, 11) is 0. The van der Waals surface area contributed by atoms with E-state index in [1.165, 1.54) is 11.1 Å². The van der Waals surface area contributed by atoms with Crippen molar-refractivity contribution in [2.24, 2.45) is 5.92 Å². The van der Waals surface area contributed by atoms with Crippen molar-refractivity contribution in [3.63, 3.8) is 0 Å². The number of nitrogens with one attached hydrogen (secondary N) is 2. The van der Waals surface area contributed by atoms with Crippen LogP contribution in [0, 0.1) is 12.8 Å². The van der Waals surface area contributed by atoms with E-state index in [1.54, 1.807) is 6.92 Å². The molecule has 1 unspecified atom stereocenters. The number of aliphatic carboxylic acids is 1. The summed E-state index contributed by atoms with van der Waals surface area (Å²) < 4.78 is 0. The van der Waals surface area contributed by atoms with Gasteiger partial charge in [-0.2, -0.15) is 0 Å². The molecule has 1 aromatic carbocycles. The maximum Gasteiger partial charge on any atom is 0.314 e. The molecule has 0 aromatic heterocycles. The molecule has 1 aromatic rings. The predicted octanol–water partition coefficient (Wildman–Crippen LogP) is 1.95. The molecule has 0 saturated heterocycles. The number of aryl methyl sites for hydroxylation is 1. The molecular formula is C15H22N2O3. The van der Waals surface area contributed by atoms with Gasteiger partial charge >= 0.3 is 12.0 Å². The molecule has 5 nitrogen and oxygen atoms in total. The third-order valence-corrected chi connectivity index (χ3v) is 3.13. The third kappa shape index (κ3) is 5.73. The minimum atomic E-state index is -0.882. The summed E-state index contributed by atoms with van der Waals surface area (Å²) in [5, 5.41) is 14.2. The number of carbonyl (C=O) groups excluding carboxylic acids is 1. The molecule has 0 aliphatic rings. The lowest BCUT2D eigenvalue weighted by molar-refractivity contribution is -0.141. The monoisotopic (exact) mass is 278 g/mol. The van der Waals surface area contributed by atoms with E-state index >= 15 is 0 Å². The van der Waals surface area contributed by atoms with Crippen LogP contribution in [0.5, 0.6) is 0 Å². The lowest BCUT2D eigenvalue weighted by atomic mass is 10.1. The van der Waals surface area contributed by atoms with E-state index in [-0.39, 0.29) is 12.6 Å². The molecule has 2 amide bonds. The standard InChI is InChI=1S/C15H22N2O3/c1-3-13(14(18)19)10-17-15(20)16-8-7-12-6-4-5-11(2)9-12/h4-6,9,13H,3,7-8,10H2,1-2H3,(H,18,19)(H2,16,17,20). The molecule has 0 fully saturated rings. The highest BCUT2D eigenvalue weighted by Crippen LogP contribution is 2.04. The van der Waals surface area contributed by atoms with Gasteiger partial charge in [-0.25, -0.2) is 4.79 Å². The van der Waals surface area contributed by atoms with Gasteiger partial charge in [0.05, 0.1) is 5.92 Å². The van der Waals surface area contributed by atoms with E-state index in [0.29, 0.717) is 13.0 Å². The van der Waals surface area contributed by atoms with Crippen molar-refractivity contribution in [3.05, 3.63) is 35.4 Å². The summed E-state index contributed by atoms with van der Waals surface area (Å²) in [5.41, 5.74) is 2.36. The Kier molecular flexibility index (Phi) is 6.56. The van der Waals surface area contributed by atoms with Gasteiger partial charge < -0.3 is 15.7 Å². The molecule has 0 aliphatic heterocycles. The van der Waals surface area contributed by atoms with Crippen molar-refractivity contribution in [1.82, 2.24) is 10.6 Å². The first kappa shape index (κ1) is 16.0. The van der Waals surface area contributed by atoms with E-state index in [4.69, 9.17) is 5.11 Å². The molecule has 110 valence electrons. The quantitative estimate of drug-likeness (QED) is 0.713. The first-order valence-corrected chi connectivity index (χ1v) is 6.83. The van der Waals surface area contributed by atoms with Gasteiger partial charge in [-0.15, -0.1) is 0 Å². The SMILES string of the molecule is CCC(CNC(=O)NCCc1cccc(C)c1)C(=O)O. The molecule has 0 spiro atoms. The number of amides is 2. The smallest absolute Gasteiger partial charge is 0.314 e. The van der Waals surface area contributed by atoms with Crippen LogP contribution in [0.2, 0.25) is 0 Å². The van der Waals surface area contributed by atoms with Gasteiger partial charge in [-0.05, 0) is 25.3 Å². The summed E-state index contributed by atoms with van der Waals surface area (Å²) in [5.74, 6) is -1.41. The Hall–Kier alpha value is -2.04. The van der Waals surface area contributed by atoms with Gasteiger partial charge in [0.25, 0.3) is 0 Å². The molecular weight excluding hydrogens is 256 g/mol. The zero-order chi connectivity index (χ0) is 15.0. The number of hydrogen-bond donors (Lipinski definition) is 3. The number of carbonyl (C=O) groups is 2. The second kappa shape index (κ2) is 8.19. The van der Waals surface area contributed by atoms with Crippen LogP contribution in [-0.4, -0.2) is 30.2 Å². The van der Waals surface area contributed by atoms with Crippen LogP contribution < -0.4 is 10.6 Å². The molecule has 3 N–H and O–H groups in total. The Labute approximate surface area is 119 Å². The van der Waals surface area contributed by atoms with Gasteiger partial charge in [0.2, 0.25) is 0 Å². The van der Waals surface area contributed by atoms with E-state index in [1.807, 2.05) is 25.1 Å². The molecule has 0 aliphatic carbocycles. The lowest BCUT2D eigenvalue weighted by Crippen LogP contribution is -2.40. The summed E-state index contributed by atoms with van der Waals surface area (Å²) in [6.45, 7) is 4.50. The minimum Gasteiger partial charge on any atom is -0.481 e. The zero-order valence-electron chi connectivity index (χ0n) is 12.0. The van der Waals surface area contributed by atoms with Crippen molar-refractivity contribution in [2.45, 2.75) is 26.7 Å². The van der Waals surface area contributed by atoms with Crippen LogP contribution in [-0.2, 0) is 11.2 Å². The largest absolute Gasteiger partial charge is 0.481 e.